The molecule has 4 heteroatoms. The molecular formula is C13H14O2S2. The second-order valence-electron chi connectivity index (χ2n) is 3.43. The molecule has 0 saturated carbocycles. The van der Waals surface area contributed by atoms with Crippen LogP contribution in [0.4, 0.5) is 4.79 Å². The van der Waals surface area contributed by atoms with Crippen molar-refractivity contribution in [3.05, 3.63) is 48.6 Å². The second-order valence-corrected chi connectivity index (χ2v) is 5.75. The quantitative estimate of drug-likeness (QED) is 0.752. The summed E-state index contributed by atoms with van der Waals surface area (Å²) in [4.78, 5) is 22.4. The molecule has 1 atom stereocenters. The largest absolute Gasteiger partial charge is 0.299 e. The highest BCUT2D eigenvalue weighted by molar-refractivity contribution is 8.38. The van der Waals surface area contributed by atoms with Crippen LogP contribution in [0.2, 0.25) is 0 Å². The topological polar surface area (TPSA) is 34.1 Å². The maximum absolute atomic E-state index is 11.6. The van der Waals surface area contributed by atoms with Gasteiger partial charge < -0.3 is 0 Å². The van der Waals surface area contributed by atoms with E-state index in [0.29, 0.717) is 0 Å². The lowest BCUT2D eigenvalue weighted by Gasteiger charge is -2.10. The second kappa shape index (κ2) is 7.35. The average Bonchev–Trinajstić information content (AvgIpc) is 2.34. The van der Waals surface area contributed by atoms with E-state index in [0.717, 1.165) is 17.3 Å². The molecular weight excluding hydrogens is 252 g/mol. The molecule has 2 nitrogen and oxygen atoms in total. The number of carbonyl (C=O) groups excluding carboxylic acids is 2. The number of carbonyl (C=O) groups is 2. The number of benzene rings is 1. The van der Waals surface area contributed by atoms with Crippen molar-refractivity contribution in [2.45, 2.75) is 12.2 Å². The van der Waals surface area contributed by atoms with Gasteiger partial charge in [0.1, 0.15) is 5.78 Å². The monoisotopic (exact) mass is 266 g/mol. The average molecular weight is 266 g/mol. The third kappa shape index (κ3) is 5.24. The highest BCUT2D eigenvalue weighted by Crippen LogP contribution is 2.34. The highest BCUT2D eigenvalue weighted by Gasteiger charge is 2.14. The summed E-state index contributed by atoms with van der Waals surface area (Å²) in [5.41, 5.74) is 1.05. The Labute approximate surface area is 110 Å². The van der Waals surface area contributed by atoms with Crippen LogP contribution in [0.15, 0.2) is 43.0 Å². The minimum atomic E-state index is -0.0526. The molecule has 0 spiro atoms. The van der Waals surface area contributed by atoms with Gasteiger partial charge in [0, 0.05) is 0 Å². The third-order valence-corrected chi connectivity index (χ3v) is 4.30. The van der Waals surface area contributed by atoms with E-state index >= 15 is 0 Å². The van der Waals surface area contributed by atoms with E-state index in [-0.39, 0.29) is 21.2 Å². The van der Waals surface area contributed by atoms with Crippen LogP contribution in [0, 0.1) is 0 Å². The van der Waals surface area contributed by atoms with Gasteiger partial charge in [-0.1, -0.05) is 59.9 Å². The Morgan fingerprint density at radius 2 is 2.00 bits per heavy atom. The van der Waals surface area contributed by atoms with Gasteiger partial charge in [-0.25, -0.2) is 0 Å². The molecule has 0 radical (unpaired) electrons. The SMILES string of the molecule is C=CC(SC(=O)SCC(C)=O)c1ccccc1. The maximum atomic E-state index is 11.6. The summed E-state index contributed by atoms with van der Waals surface area (Å²) in [6.07, 6.45) is 1.74. The third-order valence-electron chi connectivity index (χ3n) is 1.96. The molecule has 0 aliphatic heterocycles. The van der Waals surface area contributed by atoms with E-state index in [1.807, 2.05) is 30.3 Å². The van der Waals surface area contributed by atoms with E-state index in [4.69, 9.17) is 0 Å². The predicted octanol–water partition coefficient (Wildman–Crippen LogP) is 4.09. The summed E-state index contributed by atoms with van der Waals surface area (Å²) in [6, 6.07) is 9.71. The molecule has 0 N–H and O–H groups in total. The molecule has 1 aromatic rings. The first-order chi connectivity index (χ1) is 8.13. The zero-order valence-corrected chi connectivity index (χ0v) is 11.2. The van der Waals surface area contributed by atoms with E-state index in [1.54, 1.807) is 6.08 Å². The van der Waals surface area contributed by atoms with Crippen molar-refractivity contribution in [1.82, 2.24) is 0 Å². The first-order valence-corrected chi connectivity index (χ1v) is 7.00. The molecule has 0 aliphatic rings. The Bertz CT molecular complexity index is 401. The van der Waals surface area contributed by atoms with E-state index in [2.05, 4.69) is 6.58 Å². The zero-order chi connectivity index (χ0) is 12.7. The van der Waals surface area contributed by atoms with E-state index < -0.39 is 0 Å². The lowest BCUT2D eigenvalue weighted by atomic mass is 10.1. The molecule has 0 bridgehead atoms. The molecule has 1 rings (SSSR count). The first-order valence-electron chi connectivity index (χ1n) is 5.14. The summed E-state index contributed by atoms with van der Waals surface area (Å²) in [5, 5.41) is -0.0526. The molecule has 1 aromatic carbocycles. The summed E-state index contributed by atoms with van der Waals surface area (Å²) in [7, 11) is 0. The fourth-order valence-corrected chi connectivity index (χ4v) is 2.87. The molecule has 90 valence electrons. The van der Waals surface area contributed by atoms with Crippen molar-refractivity contribution >= 4 is 33.8 Å². The fraction of sp³-hybridized carbons (Fsp3) is 0.231. The summed E-state index contributed by atoms with van der Waals surface area (Å²) >= 11 is 2.24. The Balaban J connectivity index is 2.56. The molecule has 0 fully saturated rings. The van der Waals surface area contributed by atoms with Crippen LogP contribution in [-0.2, 0) is 4.79 Å². The lowest BCUT2D eigenvalue weighted by Crippen LogP contribution is -1.98. The number of Topliss-reactive ketones (excluding diaryl/α,β-unsaturated/α-hetero) is 1. The van der Waals surface area contributed by atoms with Gasteiger partial charge in [0.2, 0.25) is 4.45 Å². The number of ketones is 1. The lowest BCUT2D eigenvalue weighted by molar-refractivity contribution is -0.114. The predicted molar refractivity (Wildman–Crippen MR) is 75.5 cm³/mol. The number of hydrogen-bond acceptors (Lipinski definition) is 4. The fourth-order valence-electron chi connectivity index (χ4n) is 1.19. The van der Waals surface area contributed by atoms with Crippen molar-refractivity contribution < 1.29 is 9.59 Å². The van der Waals surface area contributed by atoms with Crippen LogP contribution < -0.4 is 0 Å². The Kier molecular flexibility index (Phi) is 6.08. The minimum Gasteiger partial charge on any atom is -0.299 e. The van der Waals surface area contributed by atoms with Gasteiger partial charge in [0.05, 0.1) is 11.0 Å². The van der Waals surface area contributed by atoms with Crippen LogP contribution >= 0.6 is 23.5 Å². The number of hydrogen-bond donors (Lipinski definition) is 0. The van der Waals surface area contributed by atoms with Crippen molar-refractivity contribution in [2.75, 3.05) is 5.75 Å². The zero-order valence-electron chi connectivity index (χ0n) is 9.59. The molecule has 0 amide bonds. The van der Waals surface area contributed by atoms with Crippen LogP contribution in [0.25, 0.3) is 0 Å². The molecule has 17 heavy (non-hydrogen) atoms. The normalized spacial score (nSPS) is 11.8. The van der Waals surface area contributed by atoms with Gasteiger partial charge in [-0.2, -0.15) is 0 Å². The van der Waals surface area contributed by atoms with Crippen molar-refractivity contribution in [1.29, 1.82) is 0 Å². The summed E-state index contributed by atoms with van der Waals surface area (Å²) in [6.45, 7) is 5.22. The standard InChI is InChI=1S/C13H14O2S2/c1-3-12(11-7-5-4-6-8-11)17-13(15)16-9-10(2)14/h3-8,12H,1,9H2,2H3. The Morgan fingerprint density at radius 3 is 2.53 bits per heavy atom. The molecule has 0 aromatic heterocycles. The Morgan fingerprint density at radius 1 is 1.35 bits per heavy atom. The molecule has 0 heterocycles. The number of thioether (sulfide) groups is 2. The highest BCUT2D eigenvalue weighted by atomic mass is 32.2. The van der Waals surface area contributed by atoms with Crippen LogP contribution in [-0.4, -0.2) is 16.0 Å². The Hall–Kier alpha value is -1.00. The summed E-state index contributed by atoms with van der Waals surface area (Å²) in [5.74, 6) is 0.253. The van der Waals surface area contributed by atoms with Gasteiger partial charge in [-0.15, -0.1) is 6.58 Å². The van der Waals surface area contributed by atoms with Gasteiger partial charge in [-0.05, 0) is 12.5 Å². The summed E-state index contributed by atoms with van der Waals surface area (Å²) < 4.78 is -0.0473. The number of rotatable bonds is 5. The van der Waals surface area contributed by atoms with Gasteiger partial charge in [-0.3, -0.25) is 9.59 Å². The van der Waals surface area contributed by atoms with Gasteiger partial charge in [0.15, 0.2) is 0 Å². The van der Waals surface area contributed by atoms with Gasteiger partial charge >= 0.3 is 0 Å². The van der Waals surface area contributed by atoms with Crippen LogP contribution in [0.1, 0.15) is 17.7 Å². The van der Waals surface area contributed by atoms with E-state index in [1.165, 1.54) is 18.7 Å². The van der Waals surface area contributed by atoms with Crippen molar-refractivity contribution in [2.24, 2.45) is 0 Å². The molecule has 0 aliphatic carbocycles. The van der Waals surface area contributed by atoms with Crippen molar-refractivity contribution in [3.63, 3.8) is 0 Å². The van der Waals surface area contributed by atoms with E-state index in [9.17, 15) is 9.59 Å². The molecule has 1 unspecified atom stereocenters. The van der Waals surface area contributed by atoms with Crippen LogP contribution in [0.5, 0.6) is 0 Å². The minimum absolute atomic E-state index is 0.0128. The van der Waals surface area contributed by atoms with Gasteiger partial charge in [0.25, 0.3) is 0 Å². The molecule has 0 saturated heterocycles. The first kappa shape index (κ1) is 14.1. The smallest absolute Gasteiger partial charge is 0.247 e. The van der Waals surface area contributed by atoms with Crippen LogP contribution in [0.3, 0.4) is 0 Å². The van der Waals surface area contributed by atoms with Crippen molar-refractivity contribution in [3.8, 4) is 0 Å². The maximum Gasteiger partial charge on any atom is 0.247 e.